The number of piperazine rings is 1. The zero-order chi connectivity index (χ0) is 22.0. The van der Waals surface area contributed by atoms with E-state index in [2.05, 4.69) is 50.9 Å². The van der Waals surface area contributed by atoms with Gasteiger partial charge >= 0.3 is 0 Å². The zero-order valence-corrected chi connectivity index (χ0v) is 19.1. The highest BCUT2D eigenvalue weighted by Crippen LogP contribution is 2.35. The van der Waals surface area contributed by atoms with E-state index in [1.807, 2.05) is 24.4 Å². The van der Waals surface area contributed by atoms with E-state index >= 15 is 0 Å². The molecule has 0 bridgehead atoms. The fourth-order valence-electron chi connectivity index (χ4n) is 5.57. The Balaban J connectivity index is 1.23. The van der Waals surface area contributed by atoms with Gasteiger partial charge in [-0.2, -0.15) is 0 Å². The Kier molecular flexibility index (Phi) is 6.26. The summed E-state index contributed by atoms with van der Waals surface area (Å²) in [5, 5.41) is 0. The zero-order valence-electron chi connectivity index (χ0n) is 19.1. The number of carbonyl (C=O) groups is 1. The number of pyridine rings is 1. The molecule has 1 amide bonds. The number of benzene rings is 1. The summed E-state index contributed by atoms with van der Waals surface area (Å²) in [7, 11) is 0. The van der Waals surface area contributed by atoms with Crippen LogP contribution in [0, 0.1) is 6.92 Å². The van der Waals surface area contributed by atoms with Gasteiger partial charge in [0.05, 0.1) is 24.4 Å². The van der Waals surface area contributed by atoms with Crippen LogP contribution < -0.4 is 0 Å². The molecule has 3 aliphatic heterocycles. The molecule has 0 N–H and O–H groups in total. The van der Waals surface area contributed by atoms with Crippen molar-refractivity contribution in [3.8, 4) is 0 Å². The van der Waals surface area contributed by atoms with Gasteiger partial charge in [0.25, 0.3) is 0 Å². The lowest BCUT2D eigenvalue weighted by molar-refractivity contribution is -0.148. The van der Waals surface area contributed by atoms with Crippen LogP contribution in [0.1, 0.15) is 36.1 Å². The van der Waals surface area contributed by atoms with E-state index in [0.717, 1.165) is 64.3 Å². The standard InChI is InChI=1S/C26H34N4O2/c1-21-7-8-23(27-15-21)17-28-12-9-24(10-13-28)30-18-25(31)29(16-22-5-3-2-4-6-22)19-26(30)11-14-32-20-26/h2-8,15,24H,9-14,16-20H2,1H3. The molecule has 5 rings (SSSR count). The van der Waals surface area contributed by atoms with Crippen molar-refractivity contribution in [3.63, 3.8) is 0 Å². The lowest BCUT2D eigenvalue weighted by atomic mass is 9.88. The SMILES string of the molecule is Cc1ccc(CN2CCC(N3CC(=O)N(Cc4ccccc4)CC34CCOC4)CC2)nc1. The molecule has 1 atom stereocenters. The molecule has 1 unspecified atom stereocenters. The maximum absolute atomic E-state index is 13.1. The van der Waals surface area contributed by atoms with Gasteiger partial charge in [-0.25, -0.2) is 0 Å². The van der Waals surface area contributed by atoms with Gasteiger partial charge in [-0.05, 0) is 43.4 Å². The number of likely N-dealkylation sites (tertiary alicyclic amines) is 1. The van der Waals surface area contributed by atoms with E-state index in [-0.39, 0.29) is 11.4 Å². The van der Waals surface area contributed by atoms with Gasteiger partial charge in [-0.3, -0.25) is 19.6 Å². The third-order valence-electron chi connectivity index (χ3n) is 7.41. The Morgan fingerprint density at radius 1 is 1.09 bits per heavy atom. The molecule has 4 heterocycles. The molecule has 3 saturated heterocycles. The van der Waals surface area contributed by atoms with Crippen molar-refractivity contribution in [2.24, 2.45) is 0 Å². The largest absolute Gasteiger partial charge is 0.379 e. The molecule has 0 radical (unpaired) electrons. The highest BCUT2D eigenvalue weighted by atomic mass is 16.5. The predicted octanol–water partition coefficient (Wildman–Crippen LogP) is 2.86. The number of hydrogen-bond donors (Lipinski definition) is 0. The van der Waals surface area contributed by atoms with Crippen LogP contribution in [-0.4, -0.2) is 76.6 Å². The van der Waals surface area contributed by atoms with Crippen molar-refractivity contribution in [1.29, 1.82) is 0 Å². The first-order valence-electron chi connectivity index (χ1n) is 11.9. The van der Waals surface area contributed by atoms with E-state index in [1.54, 1.807) is 0 Å². The number of aryl methyl sites for hydroxylation is 1. The summed E-state index contributed by atoms with van der Waals surface area (Å²) in [5.74, 6) is 0.248. The first kappa shape index (κ1) is 21.6. The minimum Gasteiger partial charge on any atom is -0.379 e. The second-order valence-electron chi connectivity index (χ2n) is 9.72. The van der Waals surface area contributed by atoms with Crippen molar-refractivity contribution >= 4 is 5.91 Å². The van der Waals surface area contributed by atoms with Crippen molar-refractivity contribution in [1.82, 2.24) is 19.7 Å². The van der Waals surface area contributed by atoms with Gasteiger partial charge in [0.1, 0.15) is 0 Å². The van der Waals surface area contributed by atoms with Crippen LogP contribution in [0.5, 0.6) is 0 Å². The Bertz CT molecular complexity index is 903. The highest BCUT2D eigenvalue weighted by Gasteiger charge is 2.49. The van der Waals surface area contributed by atoms with Gasteiger partial charge < -0.3 is 9.64 Å². The summed E-state index contributed by atoms with van der Waals surface area (Å²) in [5.41, 5.74) is 3.50. The molecule has 3 aliphatic rings. The number of ether oxygens (including phenoxy) is 1. The quantitative estimate of drug-likeness (QED) is 0.724. The summed E-state index contributed by atoms with van der Waals surface area (Å²) in [6.07, 6.45) is 5.16. The fraction of sp³-hybridized carbons (Fsp3) is 0.538. The van der Waals surface area contributed by atoms with Gasteiger partial charge in [0.2, 0.25) is 5.91 Å². The Hall–Kier alpha value is -2.28. The van der Waals surface area contributed by atoms with E-state index in [9.17, 15) is 4.79 Å². The highest BCUT2D eigenvalue weighted by molar-refractivity contribution is 5.79. The number of rotatable bonds is 5. The van der Waals surface area contributed by atoms with Crippen LogP contribution in [0.2, 0.25) is 0 Å². The fourth-order valence-corrected chi connectivity index (χ4v) is 5.57. The third kappa shape index (κ3) is 4.58. The lowest BCUT2D eigenvalue weighted by Crippen LogP contribution is -2.68. The number of aromatic nitrogens is 1. The molecule has 1 aromatic carbocycles. The number of carbonyl (C=O) groups excluding carboxylic acids is 1. The summed E-state index contributed by atoms with van der Waals surface area (Å²) < 4.78 is 5.90. The molecule has 6 heteroatoms. The van der Waals surface area contributed by atoms with Gasteiger partial charge in [-0.15, -0.1) is 0 Å². The number of hydrogen-bond acceptors (Lipinski definition) is 5. The van der Waals surface area contributed by atoms with Crippen LogP contribution in [-0.2, 0) is 22.6 Å². The van der Waals surface area contributed by atoms with E-state index in [0.29, 0.717) is 19.1 Å². The van der Waals surface area contributed by atoms with Crippen molar-refractivity contribution in [2.75, 3.05) is 39.4 Å². The van der Waals surface area contributed by atoms with Gasteiger partial charge in [0.15, 0.2) is 0 Å². The van der Waals surface area contributed by atoms with Crippen LogP contribution in [0.3, 0.4) is 0 Å². The third-order valence-corrected chi connectivity index (χ3v) is 7.41. The molecule has 2 aromatic rings. The van der Waals surface area contributed by atoms with Crippen molar-refractivity contribution < 1.29 is 9.53 Å². The molecule has 0 aliphatic carbocycles. The average Bonchev–Trinajstić information content (AvgIpc) is 3.28. The first-order valence-corrected chi connectivity index (χ1v) is 11.9. The molecule has 0 saturated carbocycles. The summed E-state index contributed by atoms with van der Waals surface area (Å²) in [6, 6.07) is 15.1. The van der Waals surface area contributed by atoms with E-state index in [1.165, 1.54) is 11.1 Å². The summed E-state index contributed by atoms with van der Waals surface area (Å²) in [4.78, 5) is 24.8. The molecule has 1 spiro atoms. The molecule has 32 heavy (non-hydrogen) atoms. The normalized spacial score (nSPS) is 25.7. The molecular formula is C26H34N4O2. The van der Waals surface area contributed by atoms with E-state index < -0.39 is 0 Å². The Morgan fingerprint density at radius 2 is 1.91 bits per heavy atom. The molecule has 3 fully saturated rings. The smallest absolute Gasteiger partial charge is 0.237 e. The summed E-state index contributed by atoms with van der Waals surface area (Å²) in [6.45, 7) is 8.59. The Labute approximate surface area is 191 Å². The molecule has 6 nitrogen and oxygen atoms in total. The molecule has 1 aromatic heterocycles. The lowest BCUT2D eigenvalue weighted by Gasteiger charge is -2.52. The number of nitrogens with zero attached hydrogens (tertiary/aromatic N) is 4. The van der Waals surface area contributed by atoms with Crippen molar-refractivity contribution in [3.05, 3.63) is 65.5 Å². The predicted molar refractivity (Wildman–Crippen MR) is 124 cm³/mol. The molecule has 170 valence electrons. The van der Waals surface area contributed by atoms with Gasteiger partial charge in [-0.1, -0.05) is 36.4 Å². The Morgan fingerprint density at radius 3 is 2.59 bits per heavy atom. The molecular weight excluding hydrogens is 400 g/mol. The van der Waals surface area contributed by atoms with Crippen LogP contribution in [0.4, 0.5) is 0 Å². The first-order chi connectivity index (χ1) is 15.6. The maximum Gasteiger partial charge on any atom is 0.237 e. The minimum absolute atomic E-state index is 0.0337. The van der Waals surface area contributed by atoms with Gasteiger partial charge in [0, 0.05) is 51.6 Å². The average molecular weight is 435 g/mol. The van der Waals surface area contributed by atoms with Crippen molar-refractivity contribution in [2.45, 2.75) is 50.9 Å². The topological polar surface area (TPSA) is 48.9 Å². The minimum atomic E-state index is -0.0337. The van der Waals surface area contributed by atoms with Crippen LogP contribution >= 0.6 is 0 Å². The number of amides is 1. The summed E-state index contributed by atoms with van der Waals surface area (Å²) >= 11 is 0. The maximum atomic E-state index is 13.1. The second kappa shape index (κ2) is 9.30. The van der Waals surface area contributed by atoms with Crippen LogP contribution in [0.15, 0.2) is 48.7 Å². The monoisotopic (exact) mass is 434 g/mol. The van der Waals surface area contributed by atoms with E-state index in [4.69, 9.17) is 4.74 Å². The second-order valence-corrected chi connectivity index (χ2v) is 9.72. The number of piperidine rings is 1. The van der Waals surface area contributed by atoms with Crippen LogP contribution in [0.25, 0.3) is 0 Å².